The third-order valence-electron chi connectivity index (χ3n) is 6.99. The molecule has 8 nitrogen and oxygen atoms in total. The fourth-order valence-electron chi connectivity index (χ4n) is 4.64. The molecule has 226 valence electrons. The molecule has 2 N–H and O–H groups in total. The summed E-state index contributed by atoms with van der Waals surface area (Å²) in [4.78, 5) is 23.1. The molecule has 0 amide bonds. The number of methoxy groups -OCH3 is 2. The Morgan fingerprint density at radius 3 is 1.98 bits per heavy atom. The molecule has 0 bridgehead atoms. The fourth-order valence-corrected chi connectivity index (χ4v) is 4.64. The molecule has 0 aliphatic carbocycles. The van der Waals surface area contributed by atoms with Gasteiger partial charge in [-0.1, -0.05) is 25.1 Å². The van der Waals surface area contributed by atoms with Gasteiger partial charge in [0.15, 0.2) is 0 Å². The van der Waals surface area contributed by atoms with Gasteiger partial charge in [0, 0.05) is 36.0 Å². The molecular weight excluding hydrogens is 543 g/mol. The van der Waals surface area contributed by atoms with Crippen molar-refractivity contribution in [2.24, 2.45) is 0 Å². The zero-order valence-corrected chi connectivity index (χ0v) is 24.4. The van der Waals surface area contributed by atoms with Crippen LogP contribution in [0, 0.1) is 5.82 Å². The molecular formula is C33H39FO8. The average molecular weight is 583 g/mol. The van der Waals surface area contributed by atoms with E-state index in [0.717, 1.165) is 0 Å². The summed E-state index contributed by atoms with van der Waals surface area (Å²) < 4.78 is 34.7. The zero-order chi connectivity index (χ0) is 30.5. The van der Waals surface area contributed by atoms with Crippen molar-refractivity contribution in [3.63, 3.8) is 0 Å². The van der Waals surface area contributed by atoms with Crippen molar-refractivity contribution >= 4 is 11.9 Å². The van der Waals surface area contributed by atoms with E-state index in [1.54, 1.807) is 36.4 Å². The van der Waals surface area contributed by atoms with E-state index in [4.69, 9.17) is 14.2 Å². The first-order chi connectivity index (χ1) is 20.3. The van der Waals surface area contributed by atoms with Gasteiger partial charge in [0.25, 0.3) is 0 Å². The number of rotatable bonds is 16. The lowest BCUT2D eigenvalue weighted by Crippen LogP contribution is -2.09. The van der Waals surface area contributed by atoms with Gasteiger partial charge in [-0.15, -0.1) is 0 Å². The number of hydrogen-bond acceptors (Lipinski definition) is 8. The van der Waals surface area contributed by atoms with Crippen LogP contribution in [0.2, 0.25) is 0 Å². The molecule has 0 radical (unpaired) electrons. The molecule has 0 spiro atoms. The van der Waals surface area contributed by atoms with Crippen LogP contribution in [0.4, 0.5) is 4.39 Å². The monoisotopic (exact) mass is 582 g/mol. The minimum absolute atomic E-state index is 0.0787. The molecule has 0 fully saturated rings. The van der Waals surface area contributed by atoms with E-state index in [1.807, 2.05) is 6.92 Å². The normalized spacial score (nSPS) is 10.8. The van der Waals surface area contributed by atoms with Crippen LogP contribution in [0.3, 0.4) is 0 Å². The lowest BCUT2D eigenvalue weighted by Gasteiger charge is -2.17. The SMILES string of the molecule is CCc1c(OCCCOc2ccc(CCCCC(=O)OC)c(O)c2CCC(=O)OC)ccc(-c2ccc(F)cc2)c1O. The number of unbranched alkanes of at least 4 members (excludes halogenated alkanes) is 1. The number of phenolic OH excluding ortho intramolecular Hbond substituents is 2. The highest BCUT2D eigenvalue weighted by Gasteiger charge is 2.17. The van der Waals surface area contributed by atoms with Gasteiger partial charge in [0.1, 0.15) is 28.8 Å². The number of benzene rings is 3. The summed E-state index contributed by atoms with van der Waals surface area (Å²) in [5.41, 5.74) is 3.22. The van der Waals surface area contributed by atoms with E-state index in [9.17, 15) is 24.2 Å². The first kappa shape index (κ1) is 32.2. The summed E-state index contributed by atoms with van der Waals surface area (Å²) in [5.74, 6) is 0.224. The van der Waals surface area contributed by atoms with Gasteiger partial charge in [0.05, 0.1) is 27.4 Å². The number of aromatic hydroxyl groups is 2. The van der Waals surface area contributed by atoms with E-state index in [2.05, 4.69) is 4.74 Å². The molecule has 3 aromatic carbocycles. The smallest absolute Gasteiger partial charge is 0.305 e. The Kier molecular flexibility index (Phi) is 12.5. The number of carbonyl (C=O) groups is 2. The summed E-state index contributed by atoms with van der Waals surface area (Å²) in [6.07, 6.45) is 3.61. The molecule has 9 heteroatoms. The maximum absolute atomic E-state index is 13.3. The Hall–Kier alpha value is -4.27. The third-order valence-corrected chi connectivity index (χ3v) is 6.99. The maximum Gasteiger partial charge on any atom is 0.305 e. The van der Waals surface area contributed by atoms with Crippen LogP contribution >= 0.6 is 0 Å². The highest BCUT2D eigenvalue weighted by atomic mass is 19.1. The van der Waals surface area contributed by atoms with E-state index < -0.39 is 5.97 Å². The number of esters is 2. The summed E-state index contributed by atoms with van der Waals surface area (Å²) in [7, 11) is 2.67. The lowest BCUT2D eigenvalue weighted by atomic mass is 9.99. The van der Waals surface area contributed by atoms with E-state index >= 15 is 0 Å². The van der Waals surface area contributed by atoms with Crippen molar-refractivity contribution in [3.05, 3.63) is 71.0 Å². The van der Waals surface area contributed by atoms with Crippen molar-refractivity contribution in [2.45, 2.75) is 58.3 Å². The summed E-state index contributed by atoms with van der Waals surface area (Å²) in [5, 5.41) is 21.8. The Morgan fingerprint density at radius 2 is 1.33 bits per heavy atom. The number of hydrogen-bond donors (Lipinski definition) is 2. The molecule has 0 heterocycles. The Labute approximate surface area is 246 Å². The van der Waals surface area contributed by atoms with Gasteiger partial charge in [-0.25, -0.2) is 4.39 Å². The first-order valence-electron chi connectivity index (χ1n) is 14.1. The van der Waals surface area contributed by atoms with Gasteiger partial charge in [-0.3, -0.25) is 9.59 Å². The highest BCUT2D eigenvalue weighted by Crippen LogP contribution is 2.38. The standard InChI is InChI=1S/C33H39FO8/c1-4-25-28(18-15-26(33(25)38)22-10-13-24(34)14-11-22)41-20-7-21-42-29-17-12-23(8-5-6-9-30(35)39-2)32(37)27(29)16-19-31(36)40-3/h10-15,17-18,37-38H,4-9,16,19-21H2,1-3H3. The summed E-state index contributed by atoms with van der Waals surface area (Å²) in [6.45, 7) is 2.54. The second kappa shape index (κ2) is 16.2. The van der Waals surface area contributed by atoms with E-state index in [-0.39, 0.29) is 36.1 Å². The topological polar surface area (TPSA) is 112 Å². The number of halogens is 1. The maximum atomic E-state index is 13.3. The van der Waals surface area contributed by atoms with Crippen LogP contribution in [0.25, 0.3) is 11.1 Å². The van der Waals surface area contributed by atoms with E-state index in [0.29, 0.717) is 91.1 Å². The largest absolute Gasteiger partial charge is 0.507 e. The second-order valence-corrected chi connectivity index (χ2v) is 9.76. The van der Waals surface area contributed by atoms with Crippen LogP contribution in [-0.4, -0.2) is 49.6 Å². The third kappa shape index (κ3) is 8.86. The van der Waals surface area contributed by atoms with Crippen LogP contribution in [0.15, 0.2) is 48.5 Å². The number of phenols is 2. The van der Waals surface area contributed by atoms with E-state index in [1.165, 1.54) is 26.4 Å². The molecule has 0 saturated carbocycles. The minimum atomic E-state index is -0.391. The van der Waals surface area contributed by atoms with Crippen LogP contribution < -0.4 is 9.47 Å². The Morgan fingerprint density at radius 1 is 0.714 bits per heavy atom. The summed E-state index contributed by atoms with van der Waals surface area (Å²) in [6, 6.07) is 13.1. The number of ether oxygens (including phenoxy) is 4. The predicted molar refractivity (Wildman–Crippen MR) is 157 cm³/mol. The number of carbonyl (C=O) groups excluding carboxylic acids is 2. The molecule has 0 unspecified atom stereocenters. The van der Waals surface area contributed by atoms with Gasteiger partial charge < -0.3 is 29.2 Å². The first-order valence-corrected chi connectivity index (χ1v) is 14.1. The van der Waals surface area contributed by atoms with Crippen molar-refractivity contribution in [3.8, 4) is 34.1 Å². The van der Waals surface area contributed by atoms with Crippen molar-refractivity contribution in [2.75, 3.05) is 27.4 Å². The van der Waals surface area contributed by atoms with Gasteiger partial charge >= 0.3 is 11.9 Å². The Bertz CT molecular complexity index is 1340. The van der Waals surface area contributed by atoms with Gasteiger partial charge in [-0.2, -0.15) is 0 Å². The Balaban J connectivity index is 1.61. The van der Waals surface area contributed by atoms with Crippen molar-refractivity contribution in [1.82, 2.24) is 0 Å². The minimum Gasteiger partial charge on any atom is -0.507 e. The van der Waals surface area contributed by atoms with Gasteiger partial charge in [-0.05, 0) is 73.6 Å². The van der Waals surface area contributed by atoms with Crippen molar-refractivity contribution < 1.29 is 43.1 Å². The fraction of sp³-hybridized carbons (Fsp3) is 0.394. The molecule has 0 atom stereocenters. The molecule has 0 aliphatic rings. The molecule has 0 saturated heterocycles. The lowest BCUT2D eigenvalue weighted by molar-refractivity contribution is -0.141. The average Bonchev–Trinajstić information content (AvgIpc) is 2.99. The molecule has 0 aliphatic heterocycles. The predicted octanol–water partition coefficient (Wildman–Crippen LogP) is 6.31. The molecule has 3 aromatic rings. The molecule has 3 rings (SSSR count). The number of aryl methyl sites for hydroxylation is 1. The van der Waals surface area contributed by atoms with Crippen LogP contribution in [0.5, 0.6) is 23.0 Å². The zero-order valence-electron chi connectivity index (χ0n) is 24.4. The van der Waals surface area contributed by atoms with Crippen LogP contribution in [0.1, 0.15) is 55.7 Å². The van der Waals surface area contributed by atoms with Crippen LogP contribution in [-0.2, 0) is 38.3 Å². The second-order valence-electron chi connectivity index (χ2n) is 9.76. The molecule has 0 aromatic heterocycles. The van der Waals surface area contributed by atoms with Gasteiger partial charge in [0.2, 0.25) is 0 Å². The van der Waals surface area contributed by atoms with Crippen molar-refractivity contribution in [1.29, 1.82) is 0 Å². The quantitative estimate of drug-likeness (QED) is 0.149. The summed E-state index contributed by atoms with van der Waals surface area (Å²) >= 11 is 0. The molecule has 42 heavy (non-hydrogen) atoms. The highest BCUT2D eigenvalue weighted by molar-refractivity contribution is 5.73.